The van der Waals surface area contributed by atoms with Crippen molar-refractivity contribution in [3.8, 4) is 0 Å². The average Bonchev–Trinajstić information content (AvgIpc) is 2.54. The Hall–Kier alpha value is -2.65. The van der Waals surface area contributed by atoms with Gasteiger partial charge in [0.15, 0.2) is 5.11 Å². The molecular weight excluding hydrogens is 288 g/mol. The van der Waals surface area contributed by atoms with Gasteiger partial charge in [0.1, 0.15) is 0 Å². The van der Waals surface area contributed by atoms with E-state index >= 15 is 0 Å². The molecule has 4 rings (SSSR count). The third-order valence-corrected chi connectivity index (χ3v) is 4.13. The lowest BCUT2D eigenvalue weighted by Gasteiger charge is -2.14. The fourth-order valence-corrected chi connectivity index (χ4v) is 3.30. The van der Waals surface area contributed by atoms with Crippen LogP contribution in [0.25, 0.3) is 32.3 Å². The van der Waals surface area contributed by atoms with Crippen LogP contribution in [0.3, 0.4) is 0 Å². The van der Waals surface area contributed by atoms with Gasteiger partial charge < -0.3 is 11.1 Å². The molecule has 22 heavy (non-hydrogen) atoms. The van der Waals surface area contributed by atoms with E-state index in [1.165, 1.54) is 26.9 Å². The van der Waals surface area contributed by atoms with Crippen LogP contribution in [0.1, 0.15) is 0 Å². The van der Waals surface area contributed by atoms with Gasteiger partial charge in [0.25, 0.3) is 0 Å². The molecule has 106 valence electrons. The molecule has 2 nitrogen and oxygen atoms in total. The monoisotopic (exact) mass is 302 g/mol. The van der Waals surface area contributed by atoms with E-state index in [0.29, 0.717) is 0 Å². The number of rotatable bonds is 1. The molecule has 3 heteroatoms. The number of fused-ring (bicyclic) bond motifs is 6. The van der Waals surface area contributed by atoms with Crippen molar-refractivity contribution in [1.29, 1.82) is 0 Å². The lowest BCUT2D eigenvalue weighted by Crippen LogP contribution is -2.19. The summed E-state index contributed by atoms with van der Waals surface area (Å²) in [5.74, 6) is 0. The summed E-state index contributed by atoms with van der Waals surface area (Å²) in [6.07, 6.45) is 0. The van der Waals surface area contributed by atoms with Crippen LogP contribution in [0.4, 0.5) is 5.69 Å². The van der Waals surface area contributed by atoms with Gasteiger partial charge in [-0.05, 0) is 45.2 Å². The Morgan fingerprint density at radius 1 is 0.682 bits per heavy atom. The topological polar surface area (TPSA) is 38.0 Å². The number of hydrogen-bond acceptors (Lipinski definition) is 1. The van der Waals surface area contributed by atoms with E-state index in [0.717, 1.165) is 11.1 Å². The number of anilines is 1. The predicted octanol–water partition coefficient (Wildman–Crippen LogP) is 4.80. The molecule has 0 aromatic heterocycles. The van der Waals surface area contributed by atoms with Gasteiger partial charge in [-0.15, -0.1) is 0 Å². The smallest absolute Gasteiger partial charge is 0.168 e. The van der Waals surface area contributed by atoms with Gasteiger partial charge >= 0.3 is 0 Å². The van der Waals surface area contributed by atoms with Crippen molar-refractivity contribution in [2.24, 2.45) is 5.73 Å². The van der Waals surface area contributed by atoms with Gasteiger partial charge in [-0.2, -0.15) is 0 Å². The summed E-state index contributed by atoms with van der Waals surface area (Å²) in [4.78, 5) is 0. The second kappa shape index (κ2) is 4.97. The minimum absolute atomic E-state index is 0.282. The fraction of sp³-hybridized carbons (Fsp3) is 0. The van der Waals surface area contributed by atoms with Crippen LogP contribution in [0.15, 0.2) is 66.7 Å². The van der Waals surface area contributed by atoms with E-state index in [9.17, 15) is 0 Å². The molecule has 4 aromatic carbocycles. The normalized spacial score (nSPS) is 11.1. The molecule has 0 unspecified atom stereocenters. The van der Waals surface area contributed by atoms with Crippen molar-refractivity contribution >= 4 is 55.3 Å². The molecule has 0 bridgehead atoms. The number of thiocarbonyl (C=S) groups is 1. The Labute approximate surface area is 133 Å². The molecule has 0 saturated heterocycles. The summed E-state index contributed by atoms with van der Waals surface area (Å²) >= 11 is 5.03. The van der Waals surface area contributed by atoms with E-state index < -0.39 is 0 Å². The summed E-state index contributed by atoms with van der Waals surface area (Å²) in [6, 6.07) is 23.1. The largest absolute Gasteiger partial charge is 0.376 e. The highest BCUT2D eigenvalue weighted by molar-refractivity contribution is 7.80. The van der Waals surface area contributed by atoms with Crippen LogP contribution in [-0.2, 0) is 0 Å². The Morgan fingerprint density at radius 2 is 1.14 bits per heavy atom. The maximum absolute atomic E-state index is 5.69. The Kier molecular flexibility index (Phi) is 2.94. The summed E-state index contributed by atoms with van der Waals surface area (Å²) < 4.78 is 0. The van der Waals surface area contributed by atoms with Crippen LogP contribution in [0, 0.1) is 0 Å². The summed E-state index contributed by atoms with van der Waals surface area (Å²) in [7, 11) is 0. The maximum Gasteiger partial charge on any atom is 0.168 e. The third kappa shape index (κ3) is 1.90. The van der Waals surface area contributed by atoms with Gasteiger partial charge in [0.2, 0.25) is 0 Å². The first-order chi connectivity index (χ1) is 10.8. The lowest BCUT2D eigenvalue weighted by atomic mass is 9.93. The lowest BCUT2D eigenvalue weighted by molar-refractivity contribution is 1.66. The first-order valence-corrected chi connectivity index (χ1v) is 7.55. The highest BCUT2D eigenvalue weighted by atomic mass is 32.1. The molecule has 0 amide bonds. The van der Waals surface area contributed by atoms with Crippen molar-refractivity contribution in [2.45, 2.75) is 0 Å². The SMILES string of the molecule is NC(=S)Nc1cccc2c3ccccc3c3ccccc3c12. The minimum Gasteiger partial charge on any atom is -0.376 e. The zero-order chi connectivity index (χ0) is 15.1. The maximum atomic E-state index is 5.69. The molecular formula is C19H14N2S. The van der Waals surface area contributed by atoms with Gasteiger partial charge in [0.05, 0.1) is 0 Å². The van der Waals surface area contributed by atoms with E-state index in [4.69, 9.17) is 18.0 Å². The van der Waals surface area contributed by atoms with Crippen LogP contribution >= 0.6 is 12.2 Å². The highest BCUT2D eigenvalue weighted by Crippen LogP contribution is 2.38. The van der Waals surface area contributed by atoms with Crippen molar-refractivity contribution in [2.75, 3.05) is 5.32 Å². The zero-order valence-electron chi connectivity index (χ0n) is 11.8. The van der Waals surface area contributed by atoms with Crippen LogP contribution in [0.5, 0.6) is 0 Å². The molecule has 0 spiro atoms. The zero-order valence-corrected chi connectivity index (χ0v) is 12.7. The average molecular weight is 302 g/mol. The number of nitrogens with two attached hydrogens (primary N) is 1. The second-order valence-electron chi connectivity index (χ2n) is 5.31. The van der Waals surface area contributed by atoms with Gasteiger partial charge in [0, 0.05) is 11.1 Å². The van der Waals surface area contributed by atoms with E-state index in [-0.39, 0.29) is 5.11 Å². The molecule has 0 aliphatic carbocycles. The molecule has 0 radical (unpaired) electrons. The second-order valence-corrected chi connectivity index (χ2v) is 5.75. The number of nitrogens with one attached hydrogen (secondary N) is 1. The van der Waals surface area contributed by atoms with Crippen molar-refractivity contribution in [3.63, 3.8) is 0 Å². The summed E-state index contributed by atoms with van der Waals surface area (Å²) in [5, 5.41) is 10.7. The van der Waals surface area contributed by atoms with Crippen LogP contribution in [-0.4, -0.2) is 5.11 Å². The molecule has 0 saturated carbocycles. The van der Waals surface area contributed by atoms with E-state index in [2.05, 4.69) is 59.9 Å². The number of hydrogen-bond donors (Lipinski definition) is 2. The van der Waals surface area contributed by atoms with Crippen molar-refractivity contribution in [1.82, 2.24) is 0 Å². The Morgan fingerprint density at radius 3 is 1.68 bits per heavy atom. The Balaban J connectivity index is 2.30. The van der Waals surface area contributed by atoms with Gasteiger partial charge in [-0.1, -0.05) is 60.7 Å². The fourth-order valence-electron chi connectivity index (χ4n) is 3.19. The minimum atomic E-state index is 0.282. The molecule has 0 aliphatic rings. The molecule has 0 heterocycles. The highest BCUT2D eigenvalue weighted by Gasteiger charge is 2.11. The van der Waals surface area contributed by atoms with Crippen LogP contribution in [0.2, 0.25) is 0 Å². The van der Waals surface area contributed by atoms with Crippen molar-refractivity contribution < 1.29 is 0 Å². The van der Waals surface area contributed by atoms with E-state index in [1.54, 1.807) is 0 Å². The summed E-state index contributed by atoms with van der Waals surface area (Å²) in [5.41, 5.74) is 6.64. The van der Waals surface area contributed by atoms with Gasteiger partial charge in [-0.25, -0.2) is 0 Å². The molecule has 0 atom stereocenters. The van der Waals surface area contributed by atoms with E-state index in [1.807, 2.05) is 12.1 Å². The first kappa shape index (κ1) is 13.0. The quantitative estimate of drug-likeness (QED) is 0.392. The predicted molar refractivity (Wildman–Crippen MR) is 99.4 cm³/mol. The third-order valence-electron chi connectivity index (χ3n) is 4.03. The number of benzene rings is 4. The molecule has 4 aromatic rings. The summed E-state index contributed by atoms with van der Waals surface area (Å²) in [6.45, 7) is 0. The standard InChI is InChI=1S/C19H14N2S/c20-19(22)21-17-11-5-10-16-14-7-2-1-6-12(14)13-8-3-4-9-15(13)18(16)17/h1-11H,(H3,20,21,22). The van der Waals surface area contributed by atoms with Crippen LogP contribution < -0.4 is 11.1 Å². The van der Waals surface area contributed by atoms with Gasteiger partial charge in [-0.3, -0.25) is 0 Å². The first-order valence-electron chi connectivity index (χ1n) is 7.14. The molecule has 3 N–H and O–H groups in total. The molecule has 0 fully saturated rings. The van der Waals surface area contributed by atoms with Crippen molar-refractivity contribution in [3.05, 3.63) is 66.7 Å². The Bertz CT molecular complexity index is 992. The molecule has 0 aliphatic heterocycles.